The molecule has 0 saturated carbocycles. The maximum atomic E-state index is 5.85. The van der Waals surface area contributed by atoms with Crippen LogP contribution in [-0.2, 0) is 4.74 Å². The topological polar surface area (TPSA) is 44.5 Å². The second-order valence-corrected chi connectivity index (χ2v) is 4.91. The fourth-order valence-electron chi connectivity index (χ4n) is 1.86. The van der Waals surface area contributed by atoms with Gasteiger partial charge in [0.15, 0.2) is 0 Å². The first-order chi connectivity index (χ1) is 8.67. The van der Waals surface area contributed by atoms with Crippen molar-refractivity contribution in [3.8, 4) is 5.75 Å². The lowest BCUT2D eigenvalue weighted by atomic mass is 10.1. The molecule has 2 N–H and O–H groups in total. The molecule has 3 heteroatoms. The predicted molar refractivity (Wildman–Crippen MR) is 74.8 cm³/mol. The van der Waals surface area contributed by atoms with E-state index in [0.29, 0.717) is 6.54 Å². The summed E-state index contributed by atoms with van der Waals surface area (Å²) in [6.07, 6.45) is 2.24. The highest BCUT2D eigenvalue weighted by molar-refractivity contribution is 5.30. The standard InChI is InChI=1S/C15H25NO2/c1-12(2)6-5-9-18-15(11-16)13-7-4-8-14(10-13)17-3/h4,7-8,10,12,15H,5-6,9,11,16H2,1-3H3. The minimum atomic E-state index is -0.0349. The van der Waals surface area contributed by atoms with Crippen molar-refractivity contribution in [1.82, 2.24) is 0 Å². The van der Waals surface area contributed by atoms with Crippen molar-refractivity contribution < 1.29 is 9.47 Å². The molecule has 18 heavy (non-hydrogen) atoms. The first-order valence-electron chi connectivity index (χ1n) is 6.63. The smallest absolute Gasteiger partial charge is 0.119 e. The van der Waals surface area contributed by atoms with Crippen LogP contribution in [0.15, 0.2) is 24.3 Å². The second-order valence-electron chi connectivity index (χ2n) is 4.91. The Balaban J connectivity index is 2.49. The van der Waals surface area contributed by atoms with Crippen LogP contribution in [0.25, 0.3) is 0 Å². The van der Waals surface area contributed by atoms with E-state index in [9.17, 15) is 0 Å². The molecule has 0 radical (unpaired) electrons. The van der Waals surface area contributed by atoms with E-state index in [0.717, 1.165) is 30.3 Å². The molecule has 1 atom stereocenters. The average Bonchev–Trinajstić information content (AvgIpc) is 2.38. The summed E-state index contributed by atoms with van der Waals surface area (Å²) in [6, 6.07) is 7.91. The minimum Gasteiger partial charge on any atom is -0.497 e. The van der Waals surface area contributed by atoms with Crippen LogP contribution in [0, 0.1) is 5.92 Å². The fraction of sp³-hybridized carbons (Fsp3) is 0.600. The molecular weight excluding hydrogens is 226 g/mol. The molecule has 0 bridgehead atoms. The number of hydrogen-bond donors (Lipinski definition) is 1. The first-order valence-corrected chi connectivity index (χ1v) is 6.63. The van der Waals surface area contributed by atoms with Crippen LogP contribution in [0.1, 0.15) is 38.4 Å². The summed E-state index contributed by atoms with van der Waals surface area (Å²) in [4.78, 5) is 0. The Hall–Kier alpha value is -1.06. The lowest BCUT2D eigenvalue weighted by molar-refractivity contribution is 0.0544. The summed E-state index contributed by atoms with van der Waals surface area (Å²) in [5.41, 5.74) is 6.86. The molecule has 3 nitrogen and oxygen atoms in total. The van der Waals surface area contributed by atoms with Gasteiger partial charge in [0.25, 0.3) is 0 Å². The van der Waals surface area contributed by atoms with Crippen molar-refractivity contribution in [3.63, 3.8) is 0 Å². The molecule has 0 heterocycles. The molecule has 1 rings (SSSR count). The van der Waals surface area contributed by atoms with Gasteiger partial charge in [0.1, 0.15) is 5.75 Å². The van der Waals surface area contributed by atoms with Gasteiger partial charge in [-0.15, -0.1) is 0 Å². The Bertz CT molecular complexity index is 339. The summed E-state index contributed by atoms with van der Waals surface area (Å²) >= 11 is 0. The predicted octanol–water partition coefficient (Wildman–Crippen LogP) is 3.15. The van der Waals surface area contributed by atoms with Crippen molar-refractivity contribution in [1.29, 1.82) is 0 Å². The van der Waals surface area contributed by atoms with Crippen molar-refractivity contribution >= 4 is 0 Å². The molecule has 1 aromatic rings. The van der Waals surface area contributed by atoms with Crippen LogP contribution >= 0.6 is 0 Å². The van der Waals surface area contributed by atoms with Crippen molar-refractivity contribution in [3.05, 3.63) is 29.8 Å². The molecule has 0 aliphatic heterocycles. The molecule has 0 spiro atoms. The van der Waals surface area contributed by atoms with E-state index in [-0.39, 0.29) is 6.10 Å². The van der Waals surface area contributed by atoms with E-state index in [1.165, 1.54) is 6.42 Å². The number of benzene rings is 1. The van der Waals surface area contributed by atoms with Gasteiger partial charge in [0, 0.05) is 13.2 Å². The largest absolute Gasteiger partial charge is 0.497 e. The Morgan fingerprint density at radius 1 is 1.28 bits per heavy atom. The van der Waals surface area contributed by atoms with E-state index < -0.39 is 0 Å². The molecule has 102 valence electrons. The van der Waals surface area contributed by atoms with Gasteiger partial charge in [0.05, 0.1) is 13.2 Å². The lowest BCUT2D eigenvalue weighted by Gasteiger charge is -2.17. The second kappa shape index (κ2) is 8.11. The Morgan fingerprint density at radius 2 is 2.06 bits per heavy atom. The number of hydrogen-bond acceptors (Lipinski definition) is 3. The van der Waals surface area contributed by atoms with Gasteiger partial charge in [-0.2, -0.15) is 0 Å². The summed E-state index contributed by atoms with van der Waals surface area (Å²) in [7, 11) is 1.67. The number of rotatable bonds is 8. The molecule has 0 fully saturated rings. The summed E-state index contributed by atoms with van der Waals surface area (Å²) in [6.45, 7) is 5.71. The van der Waals surface area contributed by atoms with Crippen LogP contribution in [0.3, 0.4) is 0 Å². The SMILES string of the molecule is COc1cccc(C(CN)OCCCC(C)C)c1. The van der Waals surface area contributed by atoms with Crippen molar-refractivity contribution in [2.45, 2.75) is 32.8 Å². The first kappa shape index (κ1) is 15.0. The van der Waals surface area contributed by atoms with Crippen LogP contribution in [0.4, 0.5) is 0 Å². The summed E-state index contributed by atoms with van der Waals surface area (Å²) in [5.74, 6) is 1.57. The van der Waals surface area contributed by atoms with Gasteiger partial charge in [-0.25, -0.2) is 0 Å². The van der Waals surface area contributed by atoms with Crippen LogP contribution < -0.4 is 10.5 Å². The molecule has 1 aromatic carbocycles. The van der Waals surface area contributed by atoms with Crippen LogP contribution in [0.5, 0.6) is 5.75 Å². The van der Waals surface area contributed by atoms with Gasteiger partial charge in [-0.1, -0.05) is 26.0 Å². The number of methoxy groups -OCH3 is 1. The van der Waals surface area contributed by atoms with E-state index >= 15 is 0 Å². The molecule has 0 aliphatic carbocycles. The molecule has 1 unspecified atom stereocenters. The fourth-order valence-corrected chi connectivity index (χ4v) is 1.86. The van der Waals surface area contributed by atoms with Gasteiger partial charge >= 0.3 is 0 Å². The van der Waals surface area contributed by atoms with Gasteiger partial charge in [-0.05, 0) is 36.5 Å². The maximum absolute atomic E-state index is 5.85. The Labute approximate surface area is 110 Å². The van der Waals surface area contributed by atoms with E-state index in [4.69, 9.17) is 15.2 Å². The molecule has 0 amide bonds. The van der Waals surface area contributed by atoms with Crippen molar-refractivity contribution in [2.24, 2.45) is 11.7 Å². The summed E-state index contributed by atoms with van der Waals surface area (Å²) in [5, 5.41) is 0. The Morgan fingerprint density at radius 3 is 2.67 bits per heavy atom. The Kier molecular flexibility index (Phi) is 6.76. The van der Waals surface area contributed by atoms with E-state index in [2.05, 4.69) is 13.8 Å². The normalized spacial score (nSPS) is 12.7. The third-order valence-corrected chi connectivity index (χ3v) is 2.92. The average molecular weight is 251 g/mol. The zero-order valence-corrected chi connectivity index (χ0v) is 11.7. The zero-order chi connectivity index (χ0) is 13.4. The highest BCUT2D eigenvalue weighted by Crippen LogP contribution is 2.21. The molecule has 0 saturated heterocycles. The maximum Gasteiger partial charge on any atom is 0.119 e. The third-order valence-electron chi connectivity index (χ3n) is 2.92. The monoisotopic (exact) mass is 251 g/mol. The van der Waals surface area contributed by atoms with Gasteiger partial charge in [0.2, 0.25) is 0 Å². The summed E-state index contributed by atoms with van der Waals surface area (Å²) < 4.78 is 11.1. The third kappa shape index (κ3) is 5.07. The highest BCUT2D eigenvalue weighted by atomic mass is 16.5. The molecular formula is C15H25NO2. The van der Waals surface area contributed by atoms with Crippen LogP contribution in [-0.4, -0.2) is 20.3 Å². The van der Waals surface area contributed by atoms with E-state index in [1.807, 2.05) is 24.3 Å². The zero-order valence-electron chi connectivity index (χ0n) is 11.7. The number of nitrogens with two attached hydrogens (primary N) is 1. The van der Waals surface area contributed by atoms with Crippen LogP contribution in [0.2, 0.25) is 0 Å². The van der Waals surface area contributed by atoms with Gasteiger partial charge in [-0.3, -0.25) is 0 Å². The minimum absolute atomic E-state index is 0.0349. The van der Waals surface area contributed by atoms with Gasteiger partial charge < -0.3 is 15.2 Å². The highest BCUT2D eigenvalue weighted by Gasteiger charge is 2.10. The van der Waals surface area contributed by atoms with E-state index in [1.54, 1.807) is 7.11 Å². The number of ether oxygens (including phenoxy) is 2. The van der Waals surface area contributed by atoms with Crippen molar-refractivity contribution in [2.75, 3.05) is 20.3 Å². The molecule has 0 aromatic heterocycles. The molecule has 0 aliphatic rings. The lowest BCUT2D eigenvalue weighted by Crippen LogP contribution is -2.16. The quantitative estimate of drug-likeness (QED) is 0.722.